The first-order valence-electron chi connectivity index (χ1n) is 8.50. The molecule has 0 radical (unpaired) electrons. The Hall–Kier alpha value is -1.93. The molecule has 0 aromatic heterocycles. The predicted molar refractivity (Wildman–Crippen MR) is 92.8 cm³/mol. The van der Waals surface area contributed by atoms with Crippen LogP contribution in [0, 0.1) is 0 Å². The standard InChI is InChI=1S/C17H24N2O5S/c1-2-6-15(17(21)22)18-16(20)13-7-9-14(10-8-13)25(23,24)19-11-4-3-5-12-19/h7-10,15H,2-6,11-12H2,1H3,(H,18,20)(H,21,22). The number of sulfonamides is 1. The zero-order valence-electron chi connectivity index (χ0n) is 14.3. The summed E-state index contributed by atoms with van der Waals surface area (Å²) in [5, 5.41) is 11.6. The van der Waals surface area contributed by atoms with E-state index in [1.54, 1.807) is 0 Å². The SMILES string of the molecule is CCCC(NC(=O)c1ccc(S(=O)(=O)N2CCCCC2)cc1)C(=O)O. The van der Waals surface area contributed by atoms with Gasteiger partial charge in [0.2, 0.25) is 10.0 Å². The van der Waals surface area contributed by atoms with Gasteiger partial charge in [0.1, 0.15) is 6.04 Å². The maximum Gasteiger partial charge on any atom is 0.326 e. The Bertz CT molecular complexity index is 709. The number of piperidine rings is 1. The molecule has 8 heteroatoms. The van der Waals surface area contributed by atoms with Gasteiger partial charge < -0.3 is 10.4 Å². The second kappa shape index (κ2) is 8.44. The van der Waals surface area contributed by atoms with Crippen molar-refractivity contribution in [1.29, 1.82) is 0 Å². The lowest BCUT2D eigenvalue weighted by Gasteiger charge is -2.25. The Kier molecular flexibility index (Phi) is 6.55. The van der Waals surface area contributed by atoms with Gasteiger partial charge >= 0.3 is 5.97 Å². The van der Waals surface area contributed by atoms with E-state index in [1.165, 1.54) is 28.6 Å². The van der Waals surface area contributed by atoms with Crippen LogP contribution >= 0.6 is 0 Å². The molecule has 1 amide bonds. The zero-order valence-corrected chi connectivity index (χ0v) is 15.1. The first kappa shape index (κ1) is 19.4. The molecule has 2 N–H and O–H groups in total. The summed E-state index contributed by atoms with van der Waals surface area (Å²) in [6.45, 7) is 2.87. The first-order valence-corrected chi connectivity index (χ1v) is 9.94. The minimum Gasteiger partial charge on any atom is -0.480 e. The molecule has 1 aromatic carbocycles. The van der Waals surface area contributed by atoms with E-state index in [0.717, 1.165) is 19.3 Å². The van der Waals surface area contributed by atoms with Crippen molar-refractivity contribution < 1.29 is 23.1 Å². The number of nitrogens with one attached hydrogen (secondary N) is 1. The Balaban J connectivity index is 2.10. The molecule has 25 heavy (non-hydrogen) atoms. The number of nitrogens with zero attached hydrogens (tertiary/aromatic N) is 1. The zero-order chi connectivity index (χ0) is 18.4. The fourth-order valence-corrected chi connectivity index (χ4v) is 4.34. The molecule has 1 aliphatic heterocycles. The fraction of sp³-hybridized carbons (Fsp3) is 0.529. The van der Waals surface area contributed by atoms with Gasteiger partial charge in [-0.2, -0.15) is 4.31 Å². The predicted octanol–water partition coefficient (Wildman–Crippen LogP) is 1.84. The van der Waals surface area contributed by atoms with Crippen LogP contribution in [0.5, 0.6) is 0 Å². The van der Waals surface area contributed by atoms with Crippen molar-refractivity contribution in [2.75, 3.05) is 13.1 Å². The van der Waals surface area contributed by atoms with Gasteiger partial charge in [-0.15, -0.1) is 0 Å². The highest BCUT2D eigenvalue weighted by atomic mass is 32.2. The summed E-state index contributed by atoms with van der Waals surface area (Å²) < 4.78 is 26.6. The van der Waals surface area contributed by atoms with Crippen LogP contribution in [-0.2, 0) is 14.8 Å². The quantitative estimate of drug-likeness (QED) is 0.764. The highest BCUT2D eigenvalue weighted by Gasteiger charge is 2.26. The van der Waals surface area contributed by atoms with Crippen LogP contribution in [0.2, 0.25) is 0 Å². The number of rotatable bonds is 7. The Morgan fingerprint density at radius 3 is 2.28 bits per heavy atom. The van der Waals surface area contributed by atoms with Crippen molar-refractivity contribution in [2.24, 2.45) is 0 Å². The number of amides is 1. The third-order valence-corrected chi connectivity index (χ3v) is 6.16. The van der Waals surface area contributed by atoms with E-state index in [4.69, 9.17) is 5.11 Å². The van der Waals surface area contributed by atoms with Crippen LogP contribution in [-0.4, -0.2) is 48.8 Å². The molecular weight excluding hydrogens is 344 g/mol. The second-order valence-electron chi connectivity index (χ2n) is 6.14. The van der Waals surface area contributed by atoms with E-state index in [0.29, 0.717) is 25.9 Å². The van der Waals surface area contributed by atoms with Crippen LogP contribution in [0.4, 0.5) is 0 Å². The van der Waals surface area contributed by atoms with E-state index < -0.39 is 27.9 Å². The number of carbonyl (C=O) groups excluding carboxylic acids is 1. The minimum atomic E-state index is -3.54. The molecule has 0 saturated carbocycles. The second-order valence-corrected chi connectivity index (χ2v) is 8.08. The normalized spacial score (nSPS) is 17.0. The molecule has 1 aliphatic rings. The molecule has 1 atom stereocenters. The molecule has 2 rings (SSSR count). The Morgan fingerprint density at radius 2 is 1.76 bits per heavy atom. The highest BCUT2D eigenvalue weighted by molar-refractivity contribution is 7.89. The van der Waals surface area contributed by atoms with Gasteiger partial charge in [-0.3, -0.25) is 4.79 Å². The molecule has 1 unspecified atom stereocenters. The number of carboxylic acids is 1. The van der Waals surface area contributed by atoms with Crippen LogP contribution in [0.3, 0.4) is 0 Å². The number of hydrogen-bond acceptors (Lipinski definition) is 4. The molecule has 7 nitrogen and oxygen atoms in total. The number of carbonyl (C=O) groups is 2. The molecule has 0 spiro atoms. The molecule has 0 aliphatic carbocycles. The van der Waals surface area contributed by atoms with E-state index >= 15 is 0 Å². The van der Waals surface area contributed by atoms with Crippen molar-refractivity contribution >= 4 is 21.9 Å². The third kappa shape index (κ3) is 4.79. The lowest BCUT2D eigenvalue weighted by molar-refractivity contribution is -0.139. The fourth-order valence-electron chi connectivity index (χ4n) is 2.82. The van der Waals surface area contributed by atoms with E-state index in [2.05, 4.69) is 5.32 Å². The summed E-state index contributed by atoms with van der Waals surface area (Å²) in [5.74, 6) is -1.61. The lowest BCUT2D eigenvalue weighted by atomic mass is 10.1. The van der Waals surface area contributed by atoms with Gasteiger partial charge in [0.05, 0.1) is 4.90 Å². The maximum atomic E-state index is 12.6. The van der Waals surface area contributed by atoms with E-state index in [9.17, 15) is 18.0 Å². The van der Waals surface area contributed by atoms with Crippen LogP contribution in [0.1, 0.15) is 49.4 Å². The molecule has 1 fully saturated rings. The maximum absolute atomic E-state index is 12.6. The van der Waals surface area contributed by atoms with Gasteiger partial charge in [-0.1, -0.05) is 19.8 Å². The van der Waals surface area contributed by atoms with Crippen molar-refractivity contribution in [1.82, 2.24) is 9.62 Å². The summed E-state index contributed by atoms with van der Waals surface area (Å²) in [6.07, 6.45) is 3.71. The summed E-state index contributed by atoms with van der Waals surface area (Å²) in [4.78, 5) is 23.4. The van der Waals surface area contributed by atoms with E-state index in [-0.39, 0.29) is 10.5 Å². The van der Waals surface area contributed by atoms with Gasteiger partial charge in [0.15, 0.2) is 0 Å². The summed E-state index contributed by atoms with van der Waals surface area (Å²) >= 11 is 0. The average molecular weight is 368 g/mol. The van der Waals surface area contributed by atoms with Crippen molar-refractivity contribution in [2.45, 2.75) is 50.0 Å². The lowest BCUT2D eigenvalue weighted by Crippen LogP contribution is -2.40. The van der Waals surface area contributed by atoms with Crippen molar-refractivity contribution in [3.8, 4) is 0 Å². The molecule has 1 heterocycles. The number of carboxylic acid groups (broad SMARTS) is 1. The summed E-state index contributed by atoms with van der Waals surface area (Å²) in [6, 6.07) is 4.67. The molecule has 1 aromatic rings. The highest BCUT2D eigenvalue weighted by Crippen LogP contribution is 2.20. The monoisotopic (exact) mass is 368 g/mol. The molecule has 138 valence electrons. The third-order valence-electron chi connectivity index (χ3n) is 4.25. The topological polar surface area (TPSA) is 104 Å². The molecule has 0 bridgehead atoms. The van der Waals surface area contributed by atoms with Crippen molar-refractivity contribution in [3.05, 3.63) is 29.8 Å². The molecule has 1 saturated heterocycles. The van der Waals surface area contributed by atoms with Crippen molar-refractivity contribution in [3.63, 3.8) is 0 Å². The minimum absolute atomic E-state index is 0.147. The van der Waals surface area contributed by atoms with Gasteiger partial charge in [-0.05, 0) is 43.5 Å². The van der Waals surface area contributed by atoms with Crippen LogP contribution in [0.15, 0.2) is 29.2 Å². The number of benzene rings is 1. The van der Waals surface area contributed by atoms with Crippen LogP contribution < -0.4 is 5.32 Å². The van der Waals surface area contributed by atoms with E-state index in [1.807, 2.05) is 6.92 Å². The van der Waals surface area contributed by atoms with Crippen LogP contribution in [0.25, 0.3) is 0 Å². The number of hydrogen-bond donors (Lipinski definition) is 2. The largest absolute Gasteiger partial charge is 0.480 e. The average Bonchev–Trinajstić information content (AvgIpc) is 2.62. The Morgan fingerprint density at radius 1 is 1.16 bits per heavy atom. The summed E-state index contributed by atoms with van der Waals surface area (Å²) in [7, 11) is -3.54. The first-order chi connectivity index (χ1) is 11.9. The summed E-state index contributed by atoms with van der Waals surface area (Å²) in [5.41, 5.74) is 0.236. The van der Waals surface area contributed by atoms with Gasteiger partial charge in [0, 0.05) is 18.7 Å². The van der Waals surface area contributed by atoms with Gasteiger partial charge in [0.25, 0.3) is 5.91 Å². The number of aliphatic carboxylic acids is 1. The molecular formula is C17H24N2O5S. The Labute approximate surface area is 148 Å². The van der Waals surface area contributed by atoms with Gasteiger partial charge in [-0.25, -0.2) is 13.2 Å². The smallest absolute Gasteiger partial charge is 0.326 e.